The van der Waals surface area contributed by atoms with Gasteiger partial charge in [0.25, 0.3) is 0 Å². The first-order valence-electron chi connectivity index (χ1n) is 6.28. The SMILES string of the molecule is CCNC(Cc1cccnc1)c1ccc(Cl)c(Br)c1. The number of benzene rings is 1. The zero-order chi connectivity index (χ0) is 13.7. The zero-order valence-electron chi connectivity index (χ0n) is 10.7. The van der Waals surface area contributed by atoms with E-state index in [0.717, 1.165) is 22.5 Å². The normalized spacial score (nSPS) is 12.4. The van der Waals surface area contributed by atoms with Crippen molar-refractivity contribution in [3.63, 3.8) is 0 Å². The van der Waals surface area contributed by atoms with Crippen molar-refractivity contribution in [2.24, 2.45) is 0 Å². The van der Waals surface area contributed by atoms with Gasteiger partial charge in [-0.05, 0) is 58.2 Å². The Bertz CT molecular complexity index is 531. The van der Waals surface area contributed by atoms with Crippen molar-refractivity contribution in [2.75, 3.05) is 6.54 Å². The van der Waals surface area contributed by atoms with Crippen LogP contribution < -0.4 is 5.32 Å². The van der Waals surface area contributed by atoms with Crippen LogP contribution in [-0.4, -0.2) is 11.5 Å². The number of rotatable bonds is 5. The molecule has 0 amide bonds. The van der Waals surface area contributed by atoms with Crippen LogP contribution in [0, 0.1) is 0 Å². The second-order valence-corrected chi connectivity index (χ2v) is 5.61. The standard InChI is InChI=1S/C15H16BrClN2/c1-2-19-15(8-11-4-3-7-18-10-11)12-5-6-14(17)13(16)9-12/h3-7,9-10,15,19H,2,8H2,1H3. The predicted octanol–water partition coefficient (Wildman–Crippen LogP) is 4.39. The molecule has 2 aromatic rings. The molecule has 0 fully saturated rings. The van der Waals surface area contributed by atoms with Crippen LogP contribution in [-0.2, 0) is 6.42 Å². The average molecular weight is 340 g/mol. The van der Waals surface area contributed by atoms with Crippen LogP contribution in [0.2, 0.25) is 5.02 Å². The van der Waals surface area contributed by atoms with E-state index in [4.69, 9.17) is 11.6 Å². The van der Waals surface area contributed by atoms with E-state index in [-0.39, 0.29) is 6.04 Å². The molecule has 0 bridgehead atoms. The fourth-order valence-corrected chi connectivity index (χ4v) is 2.55. The first kappa shape index (κ1) is 14.5. The van der Waals surface area contributed by atoms with Gasteiger partial charge >= 0.3 is 0 Å². The van der Waals surface area contributed by atoms with Gasteiger partial charge in [-0.2, -0.15) is 0 Å². The number of nitrogens with zero attached hydrogens (tertiary/aromatic N) is 1. The Labute approximate surface area is 127 Å². The van der Waals surface area contributed by atoms with Gasteiger partial charge in [-0.3, -0.25) is 4.98 Å². The van der Waals surface area contributed by atoms with E-state index in [1.54, 1.807) is 6.20 Å². The largest absolute Gasteiger partial charge is 0.310 e. The molecule has 19 heavy (non-hydrogen) atoms. The highest BCUT2D eigenvalue weighted by atomic mass is 79.9. The molecule has 1 N–H and O–H groups in total. The predicted molar refractivity (Wildman–Crippen MR) is 83.5 cm³/mol. The second-order valence-electron chi connectivity index (χ2n) is 4.35. The van der Waals surface area contributed by atoms with Crippen LogP contribution in [0.1, 0.15) is 24.1 Å². The third-order valence-corrected chi connectivity index (χ3v) is 4.17. The molecule has 4 heteroatoms. The number of pyridine rings is 1. The molecule has 0 spiro atoms. The van der Waals surface area contributed by atoms with Crippen LogP contribution in [0.15, 0.2) is 47.2 Å². The van der Waals surface area contributed by atoms with E-state index in [1.807, 2.05) is 18.3 Å². The van der Waals surface area contributed by atoms with Crippen molar-refractivity contribution in [3.05, 3.63) is 63.3 Å². The average Bonchev–Trinajstić information content (AvgIpc) is 2.43. The molecule has 0 aliphatic carbocycles. The lowest BCUT2D eigenvalue weighted by atomic mass is 10.00. The van der Waals surface area contributed by atoms with Gasteiger partial charge in [0.15, 0.2) is 0 Å². The highest BCUT2D eigenvalue weighted by Crippen LogP contribution is 2.27. The molecule has 2 rings (SSSR count). The summed E-state index contributed by atoms with van der Waals surface area (Å²) in [7, 11) is 0. The summed E-state index contributed by atoms with van der Waals surface area (Å²) in [5, 5.41) is 4.24. The van der Waals surface area contributed by atoms with Gasteiger partial charge in [0, 0.05) is 22.9 Å². The molecule has 0 saturated heterocycles. The molecule has 1 aromatic carbocycles. The Hall–Kier alpha value is -0.900. The van der Waals surface area contributed by atoms with Crippen LogP contribution in [0.5, 0.6) is 0 Å². The van der Waals surface area contributed by atoms with Crippen LogP contribution >= 0.6 is 27.5 Å². The van der Waals surface area contributed by atoms with Gasteiger partial charge < -0.3 is 5.32 Å². The maximum Gasteiger partial charge on any atom is 0.0548 e. The van der Waals surface area contributed by atoms with E-state index < -0.39 is 0 Å². The van der Waals surface area contributed by atoms with Crippen molar-refractivity contribution in [2.45, 2.75) is 19.4 Å². The summed E-state index contributed by atoms with van der Waals surface area (Å²) in [5.41, 5.74) is 2.45. The van der Waals surface area contributed by atoms with Crippen molar-refractivity contribution in [3.8, 4) is 0 Å². The molecule has 0 aliphatic heterocycles. The molecule has 0 saturated carbocycles. The molecular formula is C15H16BrClN2. The molecule has 1 unspecified atom stereocenters. The van der Waals surface area contributed by atoms with Gasteiger partial charge in [0.2, 0.25) is 0 Å². The fraction of sp³-hybridized carbons (Fsp3) is 0.267. The highest BCUT2D eigenvalue weighted by molar-refractivity contribution is 9.10. The van der Waals surface area contributed by atoms with E-state index in [1.165, 1.54) is 11.1 Å². The first-order chi connectivity index (χ1) is 9.20. The summed E-state index contributed by atoms with van der Waals surface area (Å²) in [4.78, 5) is 4.17. The van der Waals surface area contributed by atoms with Crippen LogP contribution in [0.25, 0.3) is 0 Å². The highest BCUT2D eigenvalue weighted by Gasteiger charge is 2.12. The summed E-state index contributed by atoms with van der Waals surface area (Å²) >= 11 is 9.52. The second kappa shape index (κ2) is 7.04. The Morgan fingerprint density at radius 2 is 2.21 bits per heavy atom. The van der Waals surface area contributed by atoms with Gasteiger partial charge in [0.05, 0.1) is 5.02 Å². The molecule has 1 atom stereocenters. The van der Waals surface area contributed by atoms with Gasteiger partial charge in [-0.1, -0.05) is 30.7 Å². The molecule has 2 nitrogen and oxygen atoms in total. The summed E-state index contributed by atoms with van der Waals surface area (Å²) in [5.74, 6) is 0. The Morgan fingerprint density at radius 3 is 2.84 bits per heavy atom. The van der Waals surface area contributed by atoms with Crippen molar-refractivity contribution in [1.29, 1.82) is 0 Å². The van der Waals surface area contributed by atoms with Crippen LogP contribution in [0.4, 0.5) is 0 Å². The Kier molecular flexibility index (Phi) is 5.37. The molecule has 100 valence electrons. The summed E-state index contributed by atoms with van der Waals surface area (Å²) in [6.07, 6.45) is 4.62. The monoisotopic (exact) mass is 338 g/mol. The Balaban J connectivity index is 2.21. The number of likely N-dealkylation sites (N-methyl/N-ethyl adjacent to an activating group) is 1. The topological polar surface area (TPSA) is 24.9 Å². The van der Waals surface area contributed by atoms with Crippen molar-refractivity contribution < 1.29 is 0 Å². The molecule has 0 aliphatic rings. The number of hydrogen-bond donors (Lipinski definition) is 1. The summed E-state index contributed by atoms with van der Waals surface area (Å²) in [6, 6.07) is 10.4. The third-order valence-electron chi connectivity index (χ3n) is 2.96. The number of nitrogens with one attached hydrogen (secondary N) is 1. The molecular weight excluding hydrogens is 324 g/mol. The van der Waals surface area contributed by atoms with E-state index in [0.29, 0.717) is 0 Å². The number of hydrogen-bond acceptors (Lipinski definition) is 2. The smallest absolute Gasteiger partial charge is 0.0548 e. The maximum absolute atomic E-state index is 6.05. The lowest BCUT2D eigenvalue weighted by Crippen LogP contribution is -2.23. The van der Waals surface area contributed by atoms with Crippen molar-refractivity contribution >= 4 is 27.5 Å². The Morgan fingerprint density at radius 1 is 1.37 bits per heavy atom. The minimum absolute atomic E-state index is 0.266. The lowest BCUT2D eigenvalue weighted by molar-refractivity contribution is 0.549. The third kappa shape index (κ3) is 4.03. The van der Waals surface area contributed by atoms with Gasteiger partial charge in [0.1, 0.15) is 0 Å². The van der Waals surface area contributed by atoms with Gasteiger partial charge in [-0.15, -0.1) is 0 Å². The van der Waals surface area contributed by atoms with E-state index in [9.17, 15) is 0 Å². The zero-order valence-corrected chi connectivity index (χ0v) is 13.1. The minimum atomic E-state index is 0.266. The molecule has 1 heterocycles. The summed E-state index contributed by atoms with van der Waals surface area (Å²) < 4.78 is 0.931. The summed E-state index contributed by atoms with van der Waals surface area (Å²) in [6.45, 7) is 3.03. The lowest BCUT2D eigenvalue weighted by Gasteiger charge is -2.19. The minimum Gasteiger partial charge on any atom is -0.310 e. The van der Waals surface area contributed by atoms with E-state index >= 15 is 0 Å². The van der Waals surface area contributed by atoms with Crippen molar-refractivity contribution in [1.82, 2.24) is 10.3 Å². The van der Waals surface area contributed by atoms with Gasteiger partial charge in [-0.25, -0.2) is 0 Å². The number of halogens is 2. The quantitative estimate of drug-likeness (QED) is 0.874. The molecule has 0 radical (unpaired) electrons. The maximum atomic E-state index is 6.05. The fourth-order valence-electron chi connectivity index (χ4n) is 2.04. The first-order valence-corrected chi connectivity index (χ1v) is 7.45. The number of aromatic nitrogens is 1. The van der Waals surface area contributed by atoms with Crippen LogP contribution in [0.3, 0.4) is 0 Å². The van der Waals surface area contributed by atoms with E-state index in [2.05, 4.69) is 51.4 Å². The molecule has 1 aromatic heterocycles.